The number of hydrogen-bond donors (Lipinski definition) is 0. The van der Waals surface area contributed by atoms with E-state index in [0.29, 0.717) is 42.0 Å². The summed E-state index contributed by atoms with van der Waals surface area (Å²) in [6.45, 7) is 1.08. The monoisotopic (exact) mass is 392 g/mol. The Balaban J connectivity index is 1.35. The summed E-state index contributed by atoms with van der Waals surface area (Å²) in [5.41, 5.74) is 1.51. The highest BCUT2D eigenvalue weighted by Gasteiger charge is 2.34. The molecule has 3 aromatic rings. The number of nitrogens with zero attached hydrogens (tertiary/aromatic N) is 4. The number of ether oxygens (including phenoxy) is 2. The SMILES string of the molecule is COc1ccc(/C=C/C(=O)N2CC(c3nc(-c4ccccn4)no3)C2)cc1OC. The second kappa shape index (κ2) is 8.14. The molecule has 1 aromatic carbocycles. The number of benzene rings is 1. The molecule has 0 atom stereocenters. The van der Waals surface area contributed by atoms with Gasteiger partial charge in [0.1, 0.15) is 5.69 Å². The van der Waals surface area contributed by atoms with Crippen LogP contribution in [-0.2, 0) is 4.79 Å². The molecule has 2 aromatic heterocycles. The van der Waals surface area contributed by atoms with Crippen LogP contribution in [0.2, 0.25) is 0 Å². The van der Waals surface area contributed by atoms with Gasteiger partial charge in [0.15, 0.2) is 11.5 Å². The first kappa shape index (κ1) is 18.7. The van der Waals surface area contributed by atoms with Crippen LogP contribution in [0.5, 0.6) is 11.5 Å². The van der Waals surface area contributed by atoms with Crippen LogP contribution in [0.15, 0.2) is 53.2 Å². The molecule has 1 aliphatic rings. The van der Waals surface area contributed by atoms with Crippen LogP contribution in [0.25, 0.3) is 17.6 Å². The van der Waals surface area contributed by atoms with E-state index in [1.807, 2.05) is 30.3 Å². The number of methoxy groups -OCH3 is 2. The normalized spacial score (nSPS) is 14.1. The Labute approximate surface area is 167 Å². The summed E-state index contributed by atoms with van der Waals surface area (Å²) >= 11 is 0. The Morgan fingerprint density at radius 1 is 1.17 bits per heavy atom. The molecule has 0 spiro atoms. The molecule has 8 nitrogen and oxygen atoms in total. The number of pyridine rings is 1. The first-order chi connectivity index (χ1) is 14.2. The molecule has 1 fully saturated rings. The summed E-state index contributed by atoms with van der Waals surface area (Å²) in [6, 6.07) is 11.0. The Morgan fingerprint density at radius 2 is 2.00 bits per heavy atom. The molecular formula is C21H20N4O4. The Hall–Kier alpha value is -3.68. The molecule has 8 heteroatoms. The van der Waals surface area contributed by atoms with Crippen LogP contribution in [0.4, 0.5) is 0 Å². The molecule has 4 rings (SSSR count). The minimum absolute atomic E-state index is 0.0402. The Kier molecular flexibility index (Phi) is 5.24. The van der Waals surface area contributed by atoms with E-state index < -0.39 is 0 Å². The molecule has 1 aliphatic heterocycles. The molecule has 0 aliphatic carbocycles. The Bertz CT molecular complexity index is 1030. The van der Waals surface area contributed by atoms with Crippen LogP contribution in [-0.4, -0.2) is 53.2 Å². The summed E-state index contributed by atoms with van der Waals surface area (Å²) in [5.74, 6) is 2.22. The standard InChI is InChI=1S/C21H20N4O4/c1-27-17-8-6-14(11-18(17)28-2)7-9-19(26)25-12-15(13-25)21-23-20(24-29-21)16-5-3-4-10-22-16/h3-11,15H,12-13H2,1-2H3/b9-7+. The lowest BCUT2D eigenvalue weighted by atomic mass is 10.00. The maximum Gasteiger partial charge on any atom is 0.246 e. The van der Waals surface area contributed by atoms with E-state index >= 15 is 0 Å². The number of rotatable bonds is 6. The van der Waals surface area contributed by atoms with Gasteiger partial charge in [-0.25, -0.2) is 0 Å². The second-order valence-corrected chi connectivity index (χ2v) is 6.56. The van der Waals surface area contributed by atoms with Crippen LogP contribution < -0.4 is 9.47 Å². The lowest BCUT2D eigenvalue weighted by Crippen LogP contribution is -2.47. The highest BCUT2D eigenvalue weighted by atomic mass is 16.5. The number of amides is 1. The summed E-state index contributed by atoms with van der Waals surface area (Å²) < 4.78 is 15.8. The quantitative estimate of drug-likeness (QED) is 0.596. The topological polar surface area (TPSA) is 90.6 Å². The lowest BCUT2D eigenvalue weighted by Gasteiger charge is -2.36. The van der Waals surface area contributed by atoms with Gasteiger partial charge in [0.05, 0.1) is 20.1 Å². The van der Waals surface area contributed by atoms with Crippen molar-refractivity contribution < 1.29 is 18.8 Å². The first-order valence-electron chi connectivity index (χ1n) is 9.12. The third kappa shape index (κ3) is 3.96. The van der Waals surface area contributed by atoms with Crippen LogP contribution in [0.3, 0.4) is 0 Å². The van der Waals surface area contributed by atoms with Gasteiger partial charge in [-0.05, 0) is 35.9 Å². The van der Waals surface area contributed by atoms with Gasteiger partial charge in [-0.2, -0.15) is 4.98 Å². The molecular weight excluding hydrogens is 372 g/mol. The average Bonchev–Trinajstić information content (AvgIpc) is 3.21. The number of carbonyl (C=O) groups excluding carboxylic acids is 1. The molecule has 0 radical (unpaired) electrons. The zero-order valence-electron chi connectivity index (χ0n) is 16.1. The van der Waals surface area contributed by atoms with Crippen molar-refractivity contribution >= 4 is 12.0 Å². The van der Waals surface area contributed by atoms with Gasteiger partial charge in [0.2, 0.25) is 17.6 Å². The van der Waals surface area contributed by atoms with E-state index in [4.69, 9.17) is 14.0 Å². The van der Waals surface area contributed by atoms with E-state index in [0.717, 1.165) is 5.56 Å². The molecule has 0 bridgehead atoms. The van der Waals surface area contributed by atoms with Crippen LogP contribution in [0, 0.1) is 0 Å². The van der Waals surface area contributed by atoms with Gasteiger partial charge in [-0.1, -0.05) is 17.3 Å². The Morgan fingerprint density at radius 3 is 2.72 bits per heavy atom. The van der Waals surface area contributed by atoms with E-state index in [-0.39, 0.29) is 11.8 Å². The van der Waals surface area contributed by atoms with Gasteiger partial charge in [-0.15, -0.1) is 0 Å². The molecule has 0 unspecified atom stereocenters. The summed E-state index contributed by atoms with van der Waals surface area (Å²) in [4.78, 5) is 22.7. The highest BCUT2D eigenvalue weighted by molar-refractivity contribution is 5.92. The highest BCUT2D eigenvalue weighted by Crippen LogP contribution is 2.29. The maximum atomic E-state index is 12.4. The van der Waals surface area contributed by atoms with Crippen molar-refractivity contribution in [1.29, 1.82) is 0 Å². The van der Waals surface area contributed by atoms with Crippen molar-refractivity contribution in [2.75, 3.05) is 27.3 Å². The molecule has 148 valence electrons. The third-order valence-corrected chi connectivity index (χ3v) is 4.70. The van der Waals surface area contributed by atoms with Gasteiger partial charge >= 0.3 is 0 Å². The van der Waals surface area contributed by atoms with Gasteiger partial charge in [0.25, 0.3) is 0 Å². The fourth-order valence-corrected chi connectivity index (χ4v) is 3.04. The fraction of sp³-hybridized carbons (Fsp3) is 0.238. The molecule has 29 heavy (non-hydrogen) atoms. The predicted octanol–water partition coefficient (Wildman–Crippen LogP) is 2.79. The van der Waals surface area contributed by atoms with Crippen molar-refractivity contribution in [3.63, 3.8) is 0 Å². The van der Waals surface area contributed by atoms with E-state index in [2.05, 4.69) is 15.1 Å². The minimum atomic E-state index is -0.0690. The maximum absolute atomic E-state index is 12.4. The molecule has 0 saturated carbocycles. The van der Waals surface area contributed by atoms with Crippen molar-refractivity contribution in [1.82, 2.24) is 20.0 Å². The zero-order valence-corrected chi connectivity index (χ0v) is 16.1. The zero-order chi connectivity index (χ0) is 20.2. The van der Waals surface area contributed by atoms with Crippen LogP contribution >= 0.6 is 0 Å². The van der Waals surface area contributed by atoms with E-state index in [1.165, 1.54) is 0 Å². The summed E-state index contributed by atoms with van der Waals surface area (Å²) in [7, 11) is 3.16. The van der Waals surface area contributed by atoms with Crippen molar-refractivity contribution in [2.24, 2.45) is 0 Å². The second-order valence-electron chi connectivity index (χ2n) is 6.56. The molecule has 3 heterocycles. The largest absolute Gasteiger partial charge is 0.493 e. The summed E-state index contributed by atoms with van der Waals surface area (Å²) in [6.07, 6.45) is 4.98. The number of aromatic nitrogens is 3. The smallest absolute Gasteiger partial charge is 0.246 e. The minimum Gasteiger partial charge on any atom is -0.493 e. The summed E-state index contributed by atoms with van der Waals surface area (Å²) in [5, 5.41) is 3.98. The average molecular weight is 392 g/mol. The van der Waals surface area contributed by atoms with Crippen LogP contribution in [0.1, 0.15) is 17.4 Å². The number of hydrogen-bond acceptors (Lipinski definition) is 7. The first-order valence-corrected chi connectivity index (χ1v) is 9.12. The molecule has 1 amide bonds. The van der Waals surface area contributed by atoms with Gasteiger partial charge < -0.3 is 18.9 Å². The van der Waals surface area contributed by atoms with E-state index in [1.54, 1.807) is 43.5 Å². The predicted molar refractivity (Wildman–Crippen MR) is 105 cm³/mol. The third-order valence-electron chi connectivity index (χ3n) is 4.70. The lowest BCUT2D eigenvalue weighted by molar-refractivity contribution is -0.130. The fourth-order valence-electron chi connectivity index (χ4n) is 3.04. The number of carbonyl (C=O) groups is 1. The molecule has 1 saturated heterocycles. The van der Waals surface area contributed by atoms with Crippen molar-refractivity contribution in [2.45, 2.75) is 5.92 Å². The molecule has 0 N–H and O–H groups in total. The van der Waals surface area contributed by atoms with Crippen molar-refractivity contribution in [3.05, 3.63) is 60.1 Å². The van der Waals surface area contributed by atoms with Gasteiger partial charge in [0, 0.05) is 25.4 Å². The number of likely N-dealkylation sites (tertiary alicyclic amines) is 1. The van der Waals surface area contributed by atoms with Gasteiger partial charge in [-0.3, -0.25) is 9.78 Å². The van der Waals surface area contributed by atoms with E-state index in [9.17, 15) is 4.79 Å². The van der Waals surface area contributed by atoms with Crippen molar-refractivity contribution in [3.8, 4) is 23.0 Å².